The predicted molar refractivity (Wildman–Crippen MR) is 124 cm³/mol. The lowest BCUT2D eigenvalue weighted by atomic mass is 9.93. The first-order chi connectivity index (χ1) is 15.7. The van der Waals surface area contributed by atoms with E-state index in [0.29, 0.717) is 32.7 Å². The highest BCUT2D eigenvalue weighted by molar-refractivity contribution is 5.66. The standard InChI is InChI=1S/C27H34O5/c1-3-11-25-27(31-21(2)28)26(30-20-23-14-8-5-9-15-23)18-24(32-25)16-10-17-29-19-22-12-6-4-7-13-22/h3-9,12-15,24-27H,1,10-11,16-20H2,2H3/t24-,25-,26+,27-/m1/s1. The molecular weight excluding hydrogens is 404 g/mol. The first-order valence-corrected chi connectivity index (χ1v) is 11.4. The van der Waals surface area contributed by atoms with E-state index in [0.717, 1.165) is 18.4 Å². The van der Waals surface area contributed by atoms with Gasteiger partial charge in [-0.1, -0.05) is 66.7 Å². The van der Waals surface area contributed by atoms with E-state index in [1.165, 1.54) is 12.5 Å². The summed E-state index contributed by atoms with van der Waals surface area (Å²) in [5, 5.41) is 0. The Morgan fingerprint density at radius 3 is 2.34 bits per heavy atom. The first kappa shape index (κ1) is 24.2. The molecule has 1 aliphatic heterocycles. The second kappa shape index (κ2) is 13.2. The van der Waals surface area contributed by atoms with Crippen molar-refractivity contribution in [3.05, 3.63) is 84.4 Å². The van der Waals surface area contributed by atoms with Crippen LogP contribution in [0.5, 0.6) is 0 Å². The van der Waals surface area contributed by atoms with Gasteiger partial charge in [0.25, 0.3) is 0 Å². The number of carbonyl (C=O) groups is 1. The van der Waals surface area contributed by atoms with Crippen molar-refractivity contribution in [2.75, 3.05) is 6.61 Å². The average Bonchev–Trinajstić information content (AvgIpc) is 2.80. The average molecular weight is 439 g/mol. The summed E-state index contributed by atoms with van der Waals surface area (Å²) < 4.78 is 24.0. The third-order valence-corrected chi connectivity index (χ3v) is 5.53. The van der Waals surface area contributed by atoms with Crippen molar-refractivity contribution in [1.82, 2.24) is 0 Å². The lowest BCUT2D eigenvalue weighted by Crippen LogP contribution is -2.51. The second-order valence-electron chi connectivity index (χ2n) is 8.15. The number of ether oxygens (including phenoxy) is 4. The van der Waals surface area contributed by atoms with Crippen LogP contribution in [-0.4, -0.2) is 37.0 Å². The quantitative estimate of drug-likeness (QED) is 0.258. The van der Waals surface area contributed by atoms with Gasteiger partial charge < -0.3 is 18.9 Å². The Morgan fingerprint density at radius 1 is 1.06 bits per heavy atom. The molecule has 32 heavy (non-hydrogen) atoms. The smallest absolute Gasteiger partial charge is 0.303 e. The van der Waals surface area contributed by atoms with Gasteiger partial charge in [0.15, 0.2) is 6.10 Å². The topological polar surface area (TPSA) is 54.0 Å². The van der Waals surface area contributed by atoms with Gasteiger partial charge in [0.05, 0.1) is 25.4 Å². The van der Waals surface area contributed by atoms with E-state index in [2.05, 4.69) is 18.7 Å². The van der Waals surface area contributed by atoms with Crippen molar-refractivity contribution in [1.29, 1.82) is 0 Å². The van der Waals surface area contributed by atoms with Crippen LogP contribution in [0.2, 0.25) is 0 Å². The maximum atomic E-state index is 11.7. The van der Waals surface area contributed by atoms with Crippen molar-refractivity contribution < 1.29 is 23.7 Å². The van der Waals surface area contributed by atoms with Crippen LogP contribution in [0, 0.1) is 0 Å². The third-order valence-electron chi connectivity index (χ3n) is 5.53. The molecule has 0 aliphatic carbocycles. The highest BCUT2D eigenvalue weighted by atomic mass is 16.6. The molecule has 0 N–H and O–H groups in total. The Bertz CT molecular complexity index is 807. The van der Waals surface area contributed by atoms with E-state index >= 15 is 0 Å². The van der Waals surface area contributed by atoms with Gasteiger partial charge in [0.2, 0.25) is 0 Å². The van der Waals surface area contributed by atoms with E-state index in [9.17, 15) is 4.79 Å². The van der Waals surface area contributed by atoms with Crippen LogP contribution in [-0.2, 0) is 37.0 Å². The SMILES string of the molecule is C=CC[C@H]1O[C@H](CCCOCc2ccccc2)C[C@H](OCc2ccccc2)[C@@H]1OC(C)=O. The summed E-state index contributed by atoms with van der Waals surface area (Å²) in [5.41, 5.74) is 2.26. The molecule has 1 fully saturated rings. The van der Waals surface area contributed by atoms with Gasteiger partial charge >= 0.3 is 5.97 Å². The fourth-order valence-corrected chi connectivity index (χ4v) is 4.01. The molecule has 0 bridgehead atoms. The van der Waals surface area contributed by atoms with Crippen molar-refractivity contribution in [3.63, 3.8) is 0 Å². The number of rotatable bonds is 12. The van der Waals surface area contributed by atoms with Crippen molar-refractivity contribution in [3.8, 4) is 0 Å². The lowest BCUT2D eigenvalue weighted by Gasteiger charge is -2.41. The zero-order valence-corrected chi connectivity index (χ0v) is 18.9. The van der Waals surface area contributed by atoms with Crippen LogP contribution >= 0.6 is 0 Å². The summed E-state index contributed by atoms with van der Waals surface area (Å²) in [7, 11) is 0. The van der Waals surface area contributed by atoms with Gasteiger partial charge in [-0.25, -0.2) is 0 Å². The molecule has 3 rings (SSSR count). The summed E-state index contributed by atoms with van der Waals surface area (Å²) in [6.07, 6.45) is 3.92. The van der Waals surface area contributed by atoms with Crippen LogP contribution in [0.15, 0.2) is 73.3 Å². The number of carbonyl (C=O) groups excluding carboxylic acids is 1. The van der Waals surface area contributed by atoms with E-state index in [1.54, 1.807) is 6.08 Å². The van der Waals surface area contributed by atoms with Crippen LogP contribution in [0.3, 0.4) is 0 Å². The molecule has 5 nitrogen and oxygen atoms in total. The monoisotopic (exact) mass is 438 g/mol. The Balaban J connectivity index is 1.54. The summed E-state index contributed by atoms with van der Waals surface area (Å²) in [6.45, 7) is 7.03. The molecule has 2 aromatic rings. The van der Waals surface area contributed by atoms with E-state index in [-0.39, 0.29) is 24.3 Å². The molecule has 0 unspecified atom stereocenters. The number of benzene rings is 2. The van der Waals surface area contributed by atoms with E-state index in [4.69, 9.17) is 18.9 Å². The Labute approximate surface area is 191 Å². The van der Waals surface area contributed by atoms with Crippen LogP contribution in [0.4, 0.5) is 0 Å². The molecule has 0 radical (unpaired) electrons. The largest absolute Gasteiger partial charge is 0.457 e. The fourth-order valence-electron chi connectivity index (χ4n) is 4.01. The minimum absolute atomic E-state index is 0.0212. The maximum absolute atomic E-state index is 11.7. The van der Waals surface area contributed by atoms with Gasteiger partial charge in [0.1, 0.15) is 6.10 Å². The Hall–Kier alpha value is -2.47. The second-order valence-corrected chi connectivity index (χ2v) is 8.15. The van der Waals surface area contributed by atoms with Crippen molar-refractivity contribution in [2.45, 2.75) is 70.2 Å². The Morgan fingerprint density at radius 2 is 1.72 bits per heavy atom. The molecule has 1 aliphatic rings. The van der Waals surface area contributed by atoms with Gasteiger partial charge in [-0.3, -0.25) is 4.79 Å². The highest BCUT2D eigenvalue weighted by Gasteiger charge is 2.40. The van der Waals surface area contributed by atoms with Gasteiger partial charge in [-0.2, -0.15) is 0 Å². The number of hydrogen-bond donors (Lipinski definition) is 0. The minimum atomic E-state index is -0.445. The maximum Gasteiger partial charge on any atom is 0.303 e. The van der Waals surface area contributed by atoms with Crippen LogP contribution in [0.1, 0.15) is 43.7 Å². The minimum Gasteiger partial charge on any atom is -0.457 e. The zero-order valence-electron chi connectivity index (χ0n) is 18.9. The summed E-state index contributed by atoms with van der Waals surface area (Å²) >= 11 is 0. The molecule has 4 atom stereocenters. The number of esters is 1. The van der Waals surface area contributed by atoms with Gasteiger partial charge in [0, 0.05) is 20.0 Å². The molecule has 1 saturated heterocycles. The summed E-state index contributed by atoms with van der Waals surface area (Å²) in [5.74, 6) is -0.325. The molecule has 0 spiro atoms. The Kier molecular flexibility index (Phi) is 9.95. The molecule has 172 valence electrons. The normalized spacial score (nSPS) is 22.9. The van der Waals surface area contributed by atoms with Crippen LogP contribution in [0.25, 0.3) is 0 Å². The fraction of sp³-hybridized carbons (Fsp3) is 0.444. The molecule has 2 aromatic carbocycles. The third kappa shape index (κ3) is 7.90. The summed E-state index contributed by atoms with van der Waals surface area (Å²) in [4.78, 5) is 11.7. The first-order valence-electron chi connectivity index (χ1n) is 11.4. The molecule has 0 aromatic heterocycles. The molecule has 1 heterocycles. The highest BCUT2D eigenvalue weighted by Crippen LogP contribution is 2.30. The summed E-state index contributed by atoms with van der Waals surface area (Å²) in [6, 6.07) is 20.2. The molecule has 5 heteroatoms. The molecular formula is C27H34O5. The van der Waals surface area contributed by atoms with E-state index < -0.39 is 6.10 Å². The van der Waals surface area contributed by atoms with Crippen molar-refractivity contribution >= 4 is 5.97 Å². The van der Waals surface area contributed by atoms with Crippen molar-refractivity contribution in [2.24, 2.45) is 0 Å². The van der Waals surface area contributed by atoms with Crippen LogP contribution < -0.4 is 0 Å². The lowest BCUT2D eigenvalue weighted by molar-refractivity contribution is -0.207. The molecule has 0 amide bonds. The molecule has 0 saturated carbocycles. The van der Waals surface area contributed by atoms with Gasteiger partial charge in [-0.15, -0.1) is 6.58 Å². The van der Waals surface area contributed by atoms with E-state index in [1.807, 2.05) is 48.5 Å². The number of hydrogen-bond acceptors (Lipinski definition) is 5. The van der Waals surface area contributed by atoms with Gasteiger partial charge in [-0.05, 0) is 30.4 Å². The zero-order chi connectivity index (χ0) is 22.6. The predicted octanol–water partition coefficient (Wildman–Crippen LogP) is 5.23.